The van der Waals surface area contributed by atoms with Crippen molar-refractivity contribution in [2.75, 3.05) is 25.0 Å². The molecular formula is C22H25N3O4S2. The highest BCUT2D eigenvalue weighted by atomic mass is 32.2. The number of para-hydroxylation sites is 1. The van der Waals surface area contributed by atoms with Crippen molar-refractivity contribution in [3.05, 3.63) is 59.5 Å². The van der Waals surface area contributed by atoms with Gasteiger partial charge >= 0.3 is 0 Å². The van der Waals surface area contributed by atoms with E-state index in [0.717, 1.165) is 11.3 Å². The van der Waals surface area contributed by atoms with Crippen LogP contribution >= 0.6 is 11.3 Å². The van der Waals surface area contributed by atoms with Gasteiger partial charge in [0.25, 0.3) is 5.91 Å². The van der Waals surface area contributed by atoms with E-state index in [1.807, 2.05) is 36.6 Å². The van der Waals surface area contributed by atoms with Gasteiger partial charge in [0.1, 0.15) is 5.75 Å². The molecule has 1 aromatic heterocycles. The van der Waals surface area contributed by atoms with Crippen LogP contribution < -0.4 is 10.1 Å². The van der Waals surface area contributed by atoms with Gasteiger partial charge in [0.15, 0.2) is 5.13 Å². The molecule has 0 aliphatic carbocycles. The Morgan fingerprint density at radius 1 is 1.06 bits per heavy atom. The van der Waals surface area contributed by atoms with Crippen molar-refractivity contribution >= 4 is 32.4 Å². The molecule has 1 N–H and O–H groups in total. The average Bonchev–Trinajstić information content (AvgIpc) is 3.23. The molecule has 0 spiro atoms. The Morgan fingerprint density at radius 2 is 1.74 bits per heavy atom. The highest BCUT2D eigenvalue weighted by Gasteiger charge is 2.22. The van der Waals surface area contributed by atoms with Gasteiger partial charge < -0.3 is 4.74 Å². The highest BCUT2D eigenvalue weighted by molar-refractivity contribution is 7.89. The van der Waals surface area contributed by atoms with E-state index < -0.39 is 10.0 Å². The number of thiazole rings is 1. The Hall–Kier alpha value is -2.75. The minimum atomic E-state index is -3.56. The number of anilines is 1. The predicted molar refractivity (Wildman–Crippen MR) is 123 cm³/mol. The van der Waals surface area contributed by atoms with E-state index in [4.69, 9.17) is 4.74 Å². The Morgan fingerprint density at radius 3 is 2.39 bits per heavy atom. The number of carbonyl (C=O) groups is 1. The summed E-state index contributed by atoms with van der Waals surface area (Å²) >= 11 is 1.31. The number of hydrogen-bond acceptors (Lipinski definition) is 6. The fourth-order valence-corrected chi connectivity index (χ4v) is 5.24. The van der Waals surface area contributed by atoms with Crippen molar-refractivity contribution in [1.82, 2.24) is 9.29 Å². The quantitative estimate of drug-likeness (QED) is 0.509. The number of benzene rings is 2. The zero-order chi connectivity index (χ0) is 22.4. The molecule has 0 bridgehead atoms. The molecule has 164 valence electrons. The maximum Gasteiger partial charge on any atom is 0.257 e. The monoisotopic (exact) mass is 459 g/mol. The third-order valence-electron chi connectivity index (χ3n) is 4.65. The third kappa shape index (κ3) is 5.12. The lowest BCUT2D eigenvalue weighted by Crippen LogP contribution is -2.30. The number of amides is 1. The van der Waals surface area contributed by atoms with Gasteiger partial charge in [-0.1, -0.05) is 26.0 Å². The smallest absolute Gasteiger partial charge is 0.257 e. The number of ether oxygens (including phenoxy) is 1. The molecule has 0 saturated heterocycles. The molecule has 0 aliphatic heterocycles. The number of aromatic nitrogens is 1. The van der Waals surface area contributed by atoms with E-state index in [-0.39, 0.29) is 10.8 Å². The van der Waals surface area contributed by atoms with E-state index in [9.17, 15) is 13.2 Å². The largest absolute Gasteiger partial charge is 0.493 e. The second kappa shape index (κ2) is 10.0. The van der Waals surface area contributed by atoms with E-state index in [1.165, 1.54) is 39.9 Å². The Bertz CT molecular complexity index is 1140. The van der Waals surface area contributed by atoms with E-state index >= 15 is 0 Å². The van der Waals surface area contributed by atoms with Crippen LogP contribution in [-0.2, 0) is 10.0 Å². The molecule has 0 saturated carbocycles. The lowest BCUT2D eigenvalue weighted by Gasteiger charge is -2.18. The Labute approximate surface area is 186 Å². The molecule has 0 fully saturated rings. The number of carbonyl (C=O) groups excluding carboxylic acids is 1. The molecule has 0 radical (unpaired) electrons. The summed E-state index contributed by atoms with van der Waals surface area (Å²) in [5.41, 5.74) is 1.92. The van der Waals surface area contributed by atoms with Gasteiger partial charge in [0, 0.05) is 29.6 Å². The van der Waals surface area contributed by atoms with Crippen molar-refractivity contribution in [3.63, 3.8) is 0 Å². The van der Waals surface area contributed by atoms with Crippen LogP contribution in [0.4, 0.5) is 5.13 Å². The summed E-state index contributed by atoms with van der Waals surface area (Å²) in [6.45, 7) is 6.82. The molecule has 3 aromatic rings. The number of sulfonamides is 1. The first-order valence-corrected chi connectivity index (χ1v) is 12.3. The van der Waals surface area contributed by atoms with Crippen LogP contribution in [0.2, 0.25) is 0 Å². The second-order valence-electron chi connectivity index (χ2n) is 6.53. The molecule has 1 heterocycles. The van der Waals surface area contributed by atoms with E-state index in [2.05, 4.69) is 10.3 Å². The Kier molecular flexibility index (Phi) is 7.42. The van der Waals surface area contributed by atoms with Crippen LogP contribution in [0, 0.1) is 0 Å². The first-order chi connectivity index (χ1) is 14.9. The SMILES string of the molecule is CCOc1ccccc1-c1csc(NC(=O)c2ccc(S(=O)(=O)N(CC)CC)cc2)n1. The number of nitrogens with zero attached hydrogens (tertiary/aromatic N) is 2. The maximum atomic E-state index is 12.6. The first kappa shape index (κ1) is 22.9. The molecule has 31 heavy (non-hydrogen) atoms. The summed E-state index contributed by atoms with van der Waals surface area (Å²) in [6, 6.07) is 13.5. The van der Waals surface area contributed by atoms with Crippen molar-refractivity contribution in [2.24, 2.45) is 0 Å². The lowest BCUT2D eigenvalue weighted by atomic mass is 10.1. The molecule has 2 aromatic carbocycles. The fraction of sp³-hybridized carbons (Fsp3) is 0.273. The van der Waals surface area contributed by atoms with Crippen LogP contribution in [0.15, 0.2) is 58.8 Å². The summed E-state index contributed by atoms with van der Waals surface area (Å²) in [7, 11) is -3.56. The first-order valence-electron chi connectivity index (χ1n) is 10.00. The van der Waals surface area contributed by atoms with Crippen LogP contribution in [0.1, 0.15) is 31.1 Å². The molecule has 0 unspecified atom stereocenters. The van der Waals surface area contributed by atoms with Crippen LogP contribution in [0.25, 0.3) is 11.3 Å². The second-order valence-corrected chi connectivity index (χ2v) is 9.33. The van der Waals surface area contributed by atoms with Crippen LogP contribution in [0.3, 0.4) is 0 Å². The van der Waals surface area contributed by atoms with Crippen molar-refractivity contribution in [1.29, 1.82) is 0 Å². The van der Waals surface area contributed by atoms with Gasteiger partial charge in [-0.05, 0) is 43.3 Å². The summed E-state index contributed by atoms with van der Waals surface area (Å²) in [4.78, 5) is 17.3. The number of hydrogen-bond donors (Lipinski definition) is 1. The van der Waals surface area contributed by atoms with E-state index in [1.54, 1.807) is 13.8 Å². The van der Waals surface area contributed by atoms with Crippen LogP contribution in [-0.4, -0.2) is 43.3 Å². The van der Waals surface area contributed by atoms with Gasteiger partial charge in [0.05, 0.1) is 17.2 Å². The van der Waals surface area contributed by atoms with Crippen molar-refractivity contribution < 1.29 is 17.9 Å². The van der Waals surface area contributed by atoms with Crippen molar-refractivity contribution in [2.45, 2.75) is 25.7 Å². The minimum absolute atomic E-state index is 0.164. The van der Waals surface area contributed by atoms with Gasteiger partial charge in [-0.15, -0.1) is 11.3 Å². The summed E-state index contributed by atoms with van der Waals surface area (Å²) in [5, 5.41) is 5.08. The lowest BCUT2D eigenvalue weighted by molar-refractivity contribution is 0.102. The summed E-state index contributed by atoms with van der Waals surface area (Å²) in [5.74, 6) is 0.379. The van der Waals surface area contributed by atoms with Gasteiger partial charge in [-0.25, -0.2) is 13.4 Å². The molecule has 0 aliphatic rings. The summed E-state index contributed by atoms with van der Waals surface area (Å²) < 4.78 is 32.2. The molecule has 3 rings (SSSR count). The molecule has 7 nitrogen and oxygen atoms in total. The average molecular weight is 460 g/mol. The standard InChI is InChI=1S/C22H25N3O4S2/c1-4-25(5-2)31(27,28)17-13-11-16(12-14-17)21(26)24-22-23-19(15-30-22)18-9-7-8-10-20(18)29-6-3/h7-15H,4-6H2,1-3H3,(H,23,24,26). The minimum Gasteiger partial charge on any atom is -0.493 e. The third-order valence-corrected chi connectivity index (χ3v) is 7.47. The molecule has 1 amide bonds. The molecule has 0 atom stereocenters. The Balaban J connectivity index is 1.75. The molecular weight excluding hydrogens is 434 g/mol. The number of nitrogens with one attached hydrogen (secondary N) is 1. The summed E-state index contributed by atoms with van der Waals surface area (Å²) in [6.07, 6.45) is 0. The fourth-order valence-electron chi connectivity index (χ4n) is 3.07. The van der Waals surface area contributed by atoms with Gasteiger partial charge in [-0.3, -0.25) is 10.1 Å². The predicted octanol–water partition coefficient (Wildman–Crippen LogP) is 4.49. The van der Waals surface area contributed by atoms with Crippen LogP contribution in [0.5, 0.6) is 5.75 Å². The van der Waals surface area contributed by atoms with Gasteiger partial charge in [-0.2, -0.15) is 4.31 Å². The van der Waals surface area contributed by atoms with E-state index in [0.29, 0.717) is 36.1 Å². The topological polar surface area (TPSA) is 88.6 Å². The molecule has 9 heteroatoms. The maximum absolute atomic E-state index is 12.6. The number of rotatable bonds is 9. The zero-order valence-electron chi connectivity index (χ0n) is 17.7. The van der Waals surface area contributed by atoms with Gasteiger partial charge in [0.2, 0.25) is 10.0 Å². The zero-order valence-corrected chi connectivity index (χ0v) is 19.3. The normalized spacial score (nSPS) is 11.5. The highest BCUT2D eigenvalue weighted by Crippen LogP contribution is 2.32. The van der Waals surface area contributed by atoms with Crippen molar-refractivity contribution in [3.8, 4) is 17.0 Å².